The molecule has 2 amide bonds. The van der Waals surface area contributed by atoms with E-state index in [0.29, 0.717) is 12.8 Å². The quantitative estimate of drug-likeness (QED) is 0.353. The minimum Gasteiger partial charge on any atom is -0.368 e. The Hall–Kier alpha value is -1.77. The zero-order valence-corrected chi connectivity index (χ0v) is 15.1. The summed E-state index contributed by atoms with van der Waals surface area (Å²) in [5.41, 5.74) is 12.1. The number of carbonyl (C=O) groups is 2. The number of hydrogen-bond acceptors (Lipinski definition) is 4. The summed E-state index contributed by atoms with van der Waals surface area (Å²) in [6.45, 7) is 3.93. The van der Waals surface area contributed by atoms with Crippen LogP contribution in [0.2, 0.25) is 0 Å². The van der Waals surface area contributed by atoms with Gasteiger partial charge in [-0.1, -0.05) is 44.2 Å². The molecule has 0 aromatic heterocycles. The molecule has 2 atom stereocenters. The monoisotopic (exact) mass is 375 g/mol. The van der Waals surface area contributed by atoms with E-state index in [1.165, 1.54) is 0 Å². The summed E-state index contributed by atoms with van der Waals surface area (Å²) in [6, 6.07) is 8.16. The average Bonchev–Trinajstić information content (AvgIpc) is 2.45. The smallest absolute Gasteiger partial charge is 0.368 e. The summed E-state index contributed by atoms with van der Waals surface area (Å²) < 4.78 is 8.88. The molecule has 9 nitrogen and oxygen atoms in total. The van der Waals surface area contributed by atoms with E-state index >= 15 is 0 Å². The van der Waals surface area contributed by atoms with Crippen molar-refractivity contribution in [1.82, 2.24) is 5.32 Å². The van der Waals surface area contributed by atoms with Gasteiger partial charge in [-0.2, -0.15) is 0 Å². The summed E-state index contributed by atoms with van der Waals surface area (Å²) in [5, 5.41) is 2.63. The normalized spacial score (nSPS) is 13.4. The van der Waals surface area contributed by atoms with Crippen LogP contribution in [-0.4, -0.2) is 38.6 Å². The second-order valence-corrected chi connectivity index (χ2v) is 6.93. The average molecular weight is 375 g/mol. The molecule has 0 saturated carbocycles. The maximum Gasteiger partial charge on any atom is 0.466 e. The molecule has 10 heteroatoms. The summed E-state index contributed by atoms with van der Waals surface area (Å²) in [4.78, 5) is 44.9. The van der Waals surface area contributed by atoms with Gasteiger partial charge in [0.15, 0.2) is 0 Å². The van der Waals surface area contributed by atoms with Gasteiger partial charge >= 0.3 is 7.82 Å². The number of nitrogens with one attached hydrogen (secondary N) is 1. The first-order valence-electron chi connectivity index (χ1n) is 7.57. The first-order valence-corrected chi connectivity index (χ1v) is 9.14. The van der Waals surface area contributed by atoms with Gasteiger partial charge in [0.05, 0.1) is 6.04 Å². The van der Waals surface area contributed by atoms with Gasteiger partial charge in [-0.05, 0) is 24.3 Å². The third-order valence-electron chi connectivity index (χ3n) is 3.00. The molecule has 142 valence electrons. The van der Waals surface area contributed by atoms with Gasteiger partial charge in [0.2, 0.25) is 11.8 Å². The van der Waals surface area contributed by atoms with Crippen LogP contribution >= 0.6 is 7.82 Å². The van der Waals surface area contributed by atoms with Crippen LogP contribution in [0.15, 0.2) is 30.3 Å². The van der Waals surface area contributed by atoms with E-state index in [0.717, 1.165) is 5.56 Å². The SMILES string of the molecule is CC(C)C[C@@H](NC(=O)[C@H](N)Cc1ccccc1)C(N)=O.O=P(O)(O)O. The molecule has 25 heavy (non-hydrogen) atoms. The van der Waals surface area contributed by atoms with Crippen molar-refractivity contribution in [3.05, 3.63) is 35.9 Å². The van der Waals surface area contributed by atoms with E-state index in [2.05, 4.69) is 5.32 Å². The van der Waals surface area contributed by atoms with Crippen molar-refractivity contribution >= 4 is 19.6 Å². The van der Waals surface area contributed by atoms with Crippen molar-refractivity contribution in [1.29, 1.82) is 0 Å². The molecular weight excluding hydrogens is 349 g/mol. The van der Waals surface area contributed by atoms with E-state index in [1.54, 1.807) is 0 Å². The van der Waals surface area contributed by atoms with Crippen LogP contribution in [0.5, 0.6) is 0 Å². The van der Waals surface area contributed by atoms with Gasteiger partial charge in [-0.3, -0.25) is 9.59 Å². The largest absolute Gasteiger partial charge is 0.466 e. The molecule has 0 unspecified atom stereocenters. The highest BCUT2D eigenvalue weighted by molar-refractivity contribution is 7.45. The Kier molecular flexibility index (Phi) is 10.2. The number of amides is 2. The Bertz CT molecular complexity index is 582. The molecule has 0 spiro atoms. The van der Waals surface area contributed by atoms with Gasteiger partial charge in [0.1, 0.15) is 6.04 Å². The number of benzene rings is 1. The fourth-order valence-corrected chi connectivity index (χ4v) is 1.96. The highest BCUT2D eigenvalue weighted by Crippen LogP contribution is 2.25. The van der Waals surface area contributed by atoms with Crippen LogP contribution in [0.1, 0.15) is 25.8 Å². The van der Waals surface area contributed by atoms with Gasteiger partial charge in [0, 0.05) is 0 Å². The molecule has 0 saturated heterocycles. The number of nitrogens with two attached hydrogens (primary N) is 2. The lowest BCUT2D eigenvalue weighted by atomic mass is 10.0. The summed E-state index contributed by atoms with van der Waals surface area (Å²) in [6.07, 6.45) is 0.943. The Morgan fingerprint density at radius 3 is 2.04 bits per heavy atom. The molecule has 0 fully saturated rings. The van der Waals surface area contributed by atoms with E-state index in [-0.39, 0.29) is 11.8 Å². The van der Waals surface area contributed by atoms with Crippen molar-refractivity contribution in [2.45, 2.75) is 38.8 Å². The van der Waals surface area contributed by atoms with Gasteiger partial charge in [0.25, 0.3) is 0 Å². The maximum absolute atomic E-state index is 12.0. The number of hydrogen-bond donors (Lipinski definition) is 6. The molecule has 0 aliphatic carbocycles. The number of primary amides is 1. The number of rotatable bonds is 7. The summed E-state index contributed by atoms with van der Waals surface area (Å²) in [7, 11) is -4.64. The zero-order valence-electron chi connectivity index (χ0n) is 14.2. The second kappa shape index (κ2) is 11.0. The molecule has 1 rings (SSSR count). The fourth-order valence-electron chi connectivity index (χ4n) is 1.96. The third kappa shape index (κ3) is 13.2. The van der Waals surface area contributed by atoms with Crippen molar-refractivity contribution in [3.8, 4) is 0 Å². The predicted molar refractivity (Wildman–Crippen MR) is 93.0 cm³/mol. The summed E-state index contributed by atoms with van der Waals surface area (Å²) >= 11 is 0. The van der Waals surface area contributed by atoms with Gasteiger partial charge < -0.3 is 31.5 Å². The lowest BCUT2D eigenvalue weighted by Crippen LogP contribution is -2.51. The maximum atomic E-state index is 12.0. The van der Waals surface area contributed by atoms with E-state index < -0.39 is 25.8 Å². The minimum atomic E-state index is -4.64. The highest BCUT2D eigenvalue weighted by Gasteiger charge is 2.22. The predicted octanol–water partition coefficient (Wildman–Crippen LogP) is -0.356. The third-order valence-corrected chi connectivity index (χ3v) is 3.00. The van der Waals surface area contributed by atoms with Gasteiger partial charge in [-0.15, -0.1) is 0 Å². The van der Waals surface area contributed by atoms with Crippen LogP contribution in [0.25, 0.3) is 0 Å². The van der Waals surface area contributed by atoms with Crippen molar-refractivity contribution in [3.63, 3.8) is 0 Å². The Morgan fingerprint density at radius 2 is 1.64 bits per heavy atom. The standard InChI is InChI=1S/C15H23N3O2.H3O4P/c1-10(2)8-13(14(17)19)18-15(20)12(16)9-11-6-4-3-5-7-11;1-5(2,3)4/h3-7,10,12-13H,8-9,16H2,1-2H3,(H2,17,19)(H,18,20);(H3,1,2,3,4)/t12-,13-;/m1./s1. The Balaban J connectivity index is 0.00000101. The fraction of sp³-hybridized carbons (Fsp3) is 0.467. The lowest BCUT2D eigenvalue weighted by Gasteiger charge is -2.20. The number of carbonyl (C=O) groups excluding carboxylic acids is 2. The molecule has 1 aromatic rings. The van der Waals surface area contributed by atoms with Gasteiger partial charge in [-0.25, -0.2) is 4.57 Å². The van der Waals surface area contributed by atoms with Crippen molar-refractivity contribution in [2.24, 2.45) is 17.4 Å². The molecule has 0 radical (unpaired) electrons. The lowest BCUT2D eigenvalue weighted by molar-refractivity contribution is -0.128. The number of phosphoric acid groups is 1. The highest BCUT2D eigenvalue weighted by atomic mass is 31.2. The van der Waals surface area contributed by atoms with Crippen LogP contribution in [0, 0.1) is 5.92 Å². The van der Waals surface area contributed by atoms with E-state index in [9.17, 15) is 9.59 Å². The molecule has 1 aromatic carbocycles. The molecular formula is C15H26N3O6P. The van der Waals surface area contributed by atoms with Crippen LogP contribution in [0.3, 0.4) is 0 Å². The molecule has 0 aliphatic heterocycles. The van der Waals surface area contributed by atoms with Crippen LogP contribution < -0.4 is 16.8 Å². The van der Waals surface area contributed by atoms with Crippen LogP contribution in [-0.2, 0) is 20.6 Å². The minimum absolute atomic E-state index is 0.262. The van der Waals surface area contributed by atoms with Crippen molar-refractivity contribution < 1.29 is 28.8 Å². The second-order valence-electron chi connectivity index (χ2n) is 5.90. The zero-order chi connectivity index (χ0) is 19.6. The Labute approximate surface area is 146 Å². The molecule has 0 bridgehead atoms. The molecule has 0 aliphatic rings. The molecule has 8 N–H and O–H groups in total. The first-order chi connectivity index (χ1) is 11.4. The van der Waals surface area contributed by atoms with E-state index in [4.69, 9.17) is 30.7 Å². The van der Waals surface area contributed by atoms with E-state index in [1.807, 2.05) is 44.2 Å². The first kappa shape index (κ1) is 23.2. The van der Waals surface area contributed by atoms with Crippen molar-refractivity contribution in [2.75, 3.05) is 0 Å². The van der Waals surface area contributed by atoms with Crippen LogP contribution in [0.4, 0.5) is 0 Å². The topological polar surface area (TPSA) is 176 Å². The summed E-state index contributed by atoms with van der Waals surface area (Å²) in [5.74, 6) is -0.615. The molecule has 0 heterocycles. The Morgan fingerprint density at radius 1 is 1.16 bits per heavy atom.